The highest BCUT2D eigenvalue weighted by atomic mass is 19.4. The number of nitrogens with one attached hydrogen (secondary N) is 1. The highest BCUT2D eigenvalue weighted by Gasteiger charge is 2.56. The van der Waals surface area contributed by atoms with Crippen LogP contribution in [0.5, 0.6) is 0 Å². The number of aliphatic hydroxyl groups is 1. The molecule has 1 aromatic heterocycles. The maximum absolute atomic E-state index is 12.9. The van der Waals surface area contributed by atoms with E-state index < -0.39 is 41.9 Å². The van der Waals surface area contributed by atoms with Gasteiger partial charge in [-0.2, -0.15) is 13.2 Å². The molecule has 2 saturated heterocycles. The molecule has 2 aliphatic heterocycles. The molecule has 0 unspecified atom stereocenters. The zero-order valence-electron chi connectivity index (χ0n) is 14.1. The fourth-order valence-corrected chi connectivity index (χ4v) is 4.02. The first-order valence-corrected chi connectivity index (χ1v) is 8.56. The van der Waals surface area contributed by atoms with Crippen molar-refractivity contribution in [2.75, 3.05) is 5.32 Å². The molecule has 0 radical (unpaired) electrons. The van der Waals surface area contributed by atoms with Gasteiger partial charge in [0.15, 0.2) is 0 Å². The summed E-state index contributed by atoms with van der Waals surface area (Å²) in [6.07, 6.45) is -2.65. The molecule has 1 aromatic carbocycles. The first kappa shape index (κ1) is 17.9. The number of amides is 1. The number of aliphatic hydroxyl groups excluding tert-OH is 1. The monoisotopic (exact) mass is 378 g/mol. The van der Waals surface area contributed by atoms with E-state index in [4.69, 9.17) is 4.74 Å². The highest BCUT2D eigenvalue weighted by Crippen LogP contribution is 2.49. The van der Waals surface area contributed by atoms with E-state index in [-0.39, 0.29) is 11.6 Å². The van der Waals surface area contributed by atoms with Gasteiger partial charge in [0.25, 0.3) is 0 Å². The molecule has 0 saturated carbocycles. The zero-order valence-corrected chi connectivity index (χ0v) is 14.1. The van der Waals surface area contributed by atoms with Crippen LogP contribution in [-0.4, -0.2) is 34.3 Å². The topological polar surface area (TPSA) is 71.5 Å². The summed E-state index contributed by atoms with van der Waals surface area (Å²) in [6.45, 7) is 0. The van der Waals surface area contributed by atoms with Crippen molar-refractivity contribution < 1.29 is 27.8 Å². The van der Waals surface area contributed by atoms with Gasteiger partial charge in [-0.05, 0) is 35.9 Å². The van der Waals surface area contributed by atoms with E-state index in [9.17, 15) is 23.1 Å². The maximum atomic E-state index is 12.9. The van der Waals surface area contributed by atoms with E-state index in [2.05, 4.69) is 10.3 Å². The number of fused-ring (bicyclic) bond motifs is 2. The molecule has 8 heteroatoms. The second-order valence-corrected chi connectivity index (χ2v) is 6.84. The molecule has 27 heavy (non-hydrogen) atoms. The summed E-state index contributed by atoms with van der Waals surface area (Å²) < 4.78 is 44.5. The minimum atomic E-state index is -4.49. The van der Waals surface area contributed by atoms with Crippen LogP contribution in [0.3, 0.4) is 0 Å². The Morgan fingerprint density at radius 2 is 1.96 bits per heavy atom. The number of alkyl halides is 3. The van der Waals surface area contributed by atoms with Crippen LogP contribution in [0, 0.1) is 5.92 Å². The molecule has 0 spiro atoms. The first-order valence-electron chi connectivity index (χ1n) is 8.56. The van der Waals surface area contributed by atoms with Crippen molar-refractivity contribution in [1.29, 1.82) is 0 Å². The quantitative estimate of drug-likeness (QED) is 0.862. The lowest BCUT2D eigenvalue weighted by molar-refractivity contribution is -0.137. The largest absolute Gasteiger partial charge is 0.416 e. The van der Waals surface area contributed by atoms with Crippen LogP contribution >= 0.6 is 0 Å². The Balaban J connectivity index is 1.59. The summed E-state index contributed by atoms with van der Waals surface area (Å²) in [5, 5.41) is 12.7. The predicted octanol–water partition coefficient (Wildman–Crippen LogP) is 2.97. The predicted molar refractivity (Wildman–Crippen MR) is 89.8 cm³/mol. The Morgan fingerprint density at radius 3 is 2.67 bits per heavy atom. The third-order valence-electron chi connectivity index (χ3n) is 5.18. The zero-order chi connectivity index (χ0) is 19.2. The minimum absolute atomic E-state index is 0.0756. The molecular weight excluding hydrogens is 361 g/mol. The van der Waals surface area contributed by atoms with Crippen molar-refractivity contribution in [3.05, 3.63) is 59.9 Å². The molecule has 142 valence electrons. The lowest BCUT2D eigenvalue weighted by Gasteiger charge is -2.30. The van der Waals surface area contributed by atoms with Crippen LogP contribution in [-0.2, 0) is 15.7 Å². The maximum Gasteiger partial charge on any atom is 0.416 e. The summed E-state index contributed by atoms with van der Waals surface area (Å²) in [4.78, 5) is 16.8. The number of hydrogen-bond donors (Lipinski definition) is 2. The average Bonchev–Trinajstić information content (AvgIpc) is 3.19. The van der Waals surface area contributed by atoms with Gasteiger partial charge >= 0.3 is 6.18 Å². The van der Waals surface area contributed by atoms with Gasteiger partial charge in [0, 0.05) is 30.4 Å². The number of nitrogens with zero attached hydrogens (tertiary/aromatic N) is 1. The second kappa shape index (κ2) is 6.61. The summed E-state index contributed by atoms with van der Waals surface area (Å²) in [5.41, 5.74) is 0.0534. The second-order valence-electron chi connectivity index (χ2n) is 6.84. The van der Waals surface area contributed by atoms with Gasteiger partial charge < -0.3 is 15.2 Å². The van der Waals surface area contributed by atoms with Gasteiger partial charge in [-0.1, -0.05) is 6.07 Å². The molecule has 0 aliphatic carbocycles. The third-order valence-corrected chi connectivity index (χ3v) is 5.18. The van der Waals surface area contributed by atoms with Gasteiger partial charge in [0.2, 0.25) is 5.91 Å². The number of pyridine rings is 1. The first-order chi connectivity index (χ1) is 12.8. The van der Waals surface area contributed by atoms with Crippen LogP contribution in [0.4, 0.5) is 18.9 Å². The van der Waals surface area contributed by atoms with Crippen molar-refractivity contribution in [2.45, 2.75) is 36.8 Å². The average molecular weight is 378 g/mol. The molecule has 5 atom stereocenters. The molecule has 2 N–H and O–H groups in total. The van der Waals surface area contributed by atoms with Gasteiger partial charge in [0.1, 0.15) is 0 Å². The van der Waals surface area contributed by atoms with Gasteiger partial charge in [-0.25, -0.2) is 0 Å². The van der Waals surface area contributed by atoms with Crippen molar-refractivity contribution >= 4 is 11.6 Å². The van der Waals surface area contributed by atoms with Crippen molar-refractivity contribution in [1.82, 2.24) is 4.98 Å². The van der Waals surface area contributed by atoms with Gasteiger partial charge in [0.05, 0.1) is 29.8 Å². The number of benzene rings is 1. The molecule has 2 bridgehead atoms. The molecule has 2 aliphatic rings. The number of carbonyl (C=O) groups is 1. The van der Waals surface area contributed by atoms with E-state index >= 15 is 0 Å². The Labute approximate surface area is 153 Å². The summed E-state index contributed by atoms with van der Waals surface area (Å²) >= 11 is 0. The molecule has 2 aromatic rings. The van der Waals surface area contributed by atoms with E-state index in [1.807, 2.05) is 0 Å². The fourth-order valence-electron chi connectivity index (χ4n) is 4.02. The Bertz CT molecular complexity index is 844. The van der Waals surface area contributed by atoms with Gasteiger partial charge in [-0.3, -0.25) is 9.78 Å². The molecule has 3 heterocycles. The number of halogens is 3. The summed E-state index contributed by atoms with van der Waals surface area (Å²) in [6, 6.07) is 8.03. The Hall–Kier alpha value is -2.45. The van der Waals surface area contributed by atoms with Crippen LogP contribution in [0.25, 0.3) is 0 Å². The van der Waals surface area contributed by atoms with E-state index in [1.54, 1.807) is 24.5 Å². The van der Waals surface area contributed by atoms with Crippen molar-refractivity contribution in [3.63, 3.8) is 0 Å². The van der Waals surface area contributed by atoms with Crippen molar-refractivity contribution in [3.8, 4) is 0 Å². The Kier molecular flexibility index (Phi) is 4.39. The van der Waals surface area contributed by atoms with E-state index in [1.165, 1.54) is 12.1 Å². The minimum Gasteiger partial charge on any atom is -0.390 e. The summed E-state index contributed by atoms with van der Waals surface area (Å²) in [7, 11) is 0. The molecular formula is C19H17F3N2O3. The lowest BCUT2D eigenvalue weighted by Crippen LogP contribution is -2.41. The molecule has 5 nitrogen and oxygen atoms in total. The molecule has 2 fully saturated rings. The van der Waals surface area contributed by atoms with E-state index in [0.29, 0.717) is 6.42 Å². The number of aromatic nitrogens is 1. The van der Waals surface area contributed by atoms with Crippen LogP contribution < -0.4 is 5.32 Å². The number of anilines is 1. The number of hydrogen-bond acceptors (Lipinski definition) is 4. The lowest BCUT2D eigenvalue weighted by atomic mass is 9.74. The van der Waals surface area contributed by atoms with Crippen LogP contribution in [0.2, 0.25) is 0 Å². The normalized spacial score (nSPS) is 29.7. The van der Waals surface area contributed by atoms with Crippen molar-refractivity contribution in [2.24, 2.45) is 5.92 Å². The number of rotatable bonds is 3. The Morgan fingerprint density at radius 1 is 1.22 bits per heavy atom. The van der Waals surface area contributed by atoms with Gasteiger partial charge in [-0.15, -0.1) is 0 Å². The van der Waals surface area contributed by atoms with E-state index in [0.717, 1.165) is 17.7 Å². The van der Waals surface area contributed by atoms with Crippen LogP contribution in [0.1, 0.15) is 23.5 Å². The SMILES string of the molecule is O=C(Nc1cccc(C(F)(F)F)c1)[C@H]1[C@@H](c2ccncc2)[C@H]2O[C@@H]1C[C@@H]2O. The van der Waals surface area contributed by atoms with Crippen LogP contribution in [0.15, 0.2) is 48.8 Å². The third kappa shape index (κ3) is 3.30. The highest BCUT2D eigenvalue weighted by molar-refractivity contribution is 5.94. The smallest absolute Gasteiger partial charge is 0.390 e. The summed E-state index contributed by atoms with van der Waals surface area (Å²) in [5.74, 6) is -1.40. The molecule has 4 rings (SSSR count). The fraction of sp³-hybridized carbons (Fsp3) is 0.368. The number of carbonyl (C=O) groups excluding carboxylic acids is 1. The number of ether oxygens (including phenoxy) is 1. The molecule has 1 amide bonds. The standard InChI is InChI=1S/C19H17F3N2O3/c20-19(21,22)11-2-1-3-12(8-11)24-18(26)16-14-9-13(25)17(27-14)15(16)10-4-6-23-7-5-10/h1-8,13-17,25H,9H2,(H,24,26)/t13-,14+,15+,16+,17-/m0/s1.